The maximum Gasteiger partial charge on any atom is 0.125 e. The average molecular weight is 290 g/mol. The van der Waals surface area contributed by atoms with Gasteiger partial charge in [-0.2, -0.15) is 12.6 Å². The van der Waals surface area contributed by atoms with Crippen LogP contribution in [0.2, 0.25) is 10.0 Å². The zero-order valence-electron chi connectivity index (χ0n) is 8.50. The van der Waals surface area contributed by atoms with Gasteiger partial charge in [-0.15, -0.1) is 11.3 Å². The van der Waals surface area contributed by atoms with E-state index in [1.54, 1.807) is 17.4 Å². The fourth-order valence-corrected chi connectivity index (χ4v) is 3.29. The second-order valence-electron chi connectivity index (χ2n) is 3.31. The lowest BCUT2D eigenvalue weighted by Crippen LogP contribution is -1.79. The summed E-state index contributed by atoms with van der Waals surface area (Å²) in [5.41, 5.74) is 1.94. The number of benzene rings is 1. The lowest BCUT2D eigenvalue weighted by molar-refractivity contribution is 1.22. The molecule has 1 heterocycles. The Balaban J connectivity index is 2.50. The Morgan fingerprint density at radius 3 is 2.69 bits per heavy atom. The first-order valence-corrected chi connectivity index (χ1v) is 6.85. The van der Waals surface area contributed by atoms with E-state index in [2.05, 4.69) is 17.6 Å². The maximum atomic E-state index is 6.13. The van der Waals surface area contributed by atoms with Crippen molar-refractivity contribution in [2.75, 3.05) is 0 Å². The zero-order chi connectivity index (χ0) is 11.7. The van der Waals surface area contributed by atoms with Gasteiger partial charge in [0.2, 0.25) is 0 Å². The molecule has 1 nitrogen and oxygen atoms in total. The highest BCUT2D eigenvalue weighted by Crippen LogP contribution is 2.34. The van der Waals surface area contributed by atoms with E-state index in [9.17, 15) is 0 Å². The zero-order valence-corrected chi connectivity index (χ0v) is 11.7. The van der Waals surface area contributed by atoms with Crippen molar-refractivity contribution in [2.45, 2.75) is 12.7 Å². The first-order valence-electron chi connectivity index (χ1n) is 4.64. The van der Waals surface area contributed by atoms with E-state index in [0.29, 0.717) is 15.8 Å². The lowest BCUT2D eigenvalue weighted by atomic mass is 10.2. The molecule has 0 aliphatic carbocycles. The Hall–Kier alpha value is -0.220. The van der Waals surface area contributed by atoms with Crippen LogP contribution >= 0.6 is 47.2 Å². The molecular weight excluding hydrogens is 281 g/mol. The molecule has 0 aliphatic heterocycles. The SMILES string of the molecule is Cc1nc(-c2ccc(Cl)cc2Cl)sc1CS. The van der Waals surface area contributed by atoms with Gasteiger partial charge in [0.15, 0.2) is 0 Å². The van der Waals surface area contributed by atoms with Crippen LogP contribution in [0.25, 0.3) is 10.6 Å². The molecule has 0 saturated carbocycles. The van der Waals surface area contributed by atoms with Crippen molar-refractivity contribution in [3.05, 3.63) is 38.8 Å². The van der Waals surface area contributed by atoms with Crippen LogP contribution in [0.4, 0.5) is 0 Å². The van der Waals surface area contributed by atoms with E-state index in [4.69, 9.17) is 23.2 Å². The highest BCUT2D eigenvalue weighted by molar-refractivity contribution is 7.79. The van der Waals surface area contributed by atoms with Crippen LogP contribution < -0.4 is 0 Å². The summed E-state index contributed by atoms with van der Waals surface area (Å²) in [6.45, 7) is 1.98. The molecule has 0 amide bonds. The molecule has 0 saturated heterocycles. The third-order valence-electron chi connectivity index (χ3n) is 2.20. The van der Waals surface area contributed by atoms with Gasteiger partial charge in [0.05, 0.1) is 10.7 Å². The molecule has 0 N–H and O–H groups in total. The number of aryl methyl sites for hydroxylation is 1. The number of thiol groups is 1. The summed E-state index contributed by atoms with van der Waals surface area (Å²) in [6.07, 6.45) is 0. The summed E-state index contributed by atoms with van der Waals surface area (Å²) in [6, 6.07) is 5.45. The van der Waals surface area contributed by atoms with Crippen LogP contribution in [0.3, 0.4) is 0 Å². The molecule has 0 aliphatic rings. The molecule has 2 aromatic rings. The minimum absolute atomic E-state index is 0.631. The molecule has 0 unspecified atom stereocenters. The second-order valence-corrected chi connectivity index (χ2v) is 5.55. The number of hydrogen-bond donors (Lipinski definition) is 1. The predicted molar refractivity (Wildman–Crippen MR) is 75.0 cm³/mol. The molecule has 16 heavy (non-hydrogen) atoms. The molecule has 0 radical (unpaired) electrons. The number of halogens is 2. The normalized spacial score (nSPS) is 10.8. The van der Waals surface area contributed by atoms with Crippen LogP contribution in [0.1, 0.15) is 10.6 Å². The molecule has 0 bridgehead atoms. The topological polar surface area (TPSA) is 12.9 Å². The van der Waals surface area contributed by atoms with Gasteiger partial charge in [-0.25, -0.2) is 4.98 Å². The fourth-order valence-electron chi connectivity index (χ4n) is 1.35. The van der Waals surface area contributed by atoms with Gasteiger partial charge in [-0.3, -0.25) is 0 Å². The maximum absolute atomic E-state index is 6.13. The summed E-state index contributed by atoms with van der Waals surface area (Å²) in [5.74, 6) is 0.703. The first kappa shape index (κ1) is 12.2. The number of thiazole rings is 1. The van der Waals surface area contributed by atoms with Gasteiger partial charge in [0.25, 0.3) is 0 Å². The minimum atomic E-state index is 0.631. The van der Waals surface area contributed by atoms with E-state index >= 15 is 0 Å². The Bertz CT molecular complexity index is 523. The van der Waals surface area contributed by atoms with Crippen LogP contribution in [0.5, 0.6) is 0 Å². The Morgan fingerprint density at radius 1 is 1.38 bits per heavy atom. The highest BCUT2D eigenvalue weighted by atomic mass is 35.5. The monoisotopic (exact) mass is 289 g/mol. The van der Waals surface area contributed by atoms with Crippen molar-refractivity contribution in [1.29, 1.82) is 0 Å². The highest BCUT2D eigenvalue weighted by Gasteiger charge is 2.11. The summed E-state index contributed by atoms with van der Waals surface area (Å²) in [4.78, 5) is 5.66. The molecular formula is C11H9Cl2NS2. The minimum Gasteiger partial charge on any atom is -0.241 e. The molecule has 1 aromatic heterocycles. The van der Waals surface area contributed by atoms with Crippen molar-refractivity contribution < 1.29 is 0 Å². The van der Waals surface area contributed by atoms with Crippen molar-refractivity contribution >= 4 is 47.2 Å². The van der Waals surface area contributed by atoms with Gasteiger partial charge >= 0.3 is 0 Å². The van der Waals surface area contributed by atoms with E-state index in [-0.39, 0.29) is 0 Å². The standard InChI is InChI=1S/C11H9Cl2NS2/c1-6-10(5-15)16-11(14-6)8-3-2-7(12)4-9(8)13/h2-4,15H,5H2,1H3. The van der Waals surface area contributed by atoms with Gasteiger partial charge in [-0.1, -0.05) is 23.2 Å². The predicted octanol–water partition coefficient (Wildman–Crippen LogP) is 4.86. The Morgan fingerprint density at radius 2 is 2.12 bits per heavy atom. The third kappa shape index (κ3) is 2.38. The van der Waals surface area contributed by atoms with Gasteiger partial charge in [0, 0.05) is 21.2 Å². The summed E-state index contributed by atoms with van der Waals surface area (Å²) in [5, 5.41) is 2.19. The molecule has 0 atom stereocenters. The van der Waals surface area contributed by atoms with Crippen molar-refractivity contribution in [3.8, 4) is 10.6 Å². The van der Waals surface area contributed by atoms with Gasteiger partial charge in [0.1, 0.15) is 5.01 Å². The van der Waals surface area contributed by atoms with Crippen LogP contribution in [0.15, 0.2) is 18.2 Å². The number of aromatic nitrogens is 1. The summed E-state index contributed by atoms with van der Waals surface area (Å²) >= 11 is 17.9. The van der Waals surface area contributed by atoms with Crippen molar-refractivity contribution in [1.82, 2.24) is 4.98 Å². The van der Waals surface area contributed by atoms with Gasteiger partial charge < -0.3 is 0 Å². The van der Waals surface area contributed by atoms with Crippen molar-refractivity contribution in [2.24, 2.45) is 0 Å². The largest absolute Gasteiger partial charge is 0.241 e. The smallest absolute Gasteiger partial charge is 0.125 e. The molecule has 0 fully saturated rings. The first-order chi connectivity index (χ1) is 7.61. The van der Waals surface area contributed by atoms with E-state index < -0.39 is 0 Å². The summed E-state index contributed by atoms with van der Waals surface area (Å²) < 4.78 is 0. The number of hydrogen-bond acceptors (Lipinski definition) is 3. The van der Waals surface area contributed by atoms with E-state index in [1.165, 1.54) is 4.88 Å². The van der Waals surface area contributed by atoms with E-state index in [1.807, 2.05) is 19.1 Å². The molecule has 2 rings (SSSR count). The van der Waals surface area contributed by atoms with Gasteiger partial charge in [-0.05, 0) is 25.1 Å². The molecule has 0 spiro atoms. The van der Waals surface area contributed by atoms with Crippen molar-refractivity contribution in [3.63, 3.8) is 0 Å². The Kier molecular flexibility index (Phi) is 3.80. The van der Waals surface area contributed by atoms with E-state index in [0.717, 1.165) is 16.3 Å². The summed E-state index contributed by atoms with van der Waals surface area (Å²) in [7, 11) is 0. The second kappa shape index (κ2) is 4.96. The fraction of sp³-hybridized carbons (Fsp3) is 0.182. The molecule has 1 aromatic carbocycles. The molecule has 5 heteroatoms. The number of nitrogens with zero attached hydrogens (tertiary/aromatic N) is 1. The lowest BCUT2D eigenvalue weighted by Gasteiger charge is -2.00. The van der Waals surface area contributed by atoms with Crippen LogP contribution in [0, 0.1) is 6.92 Å². The Labute approximate surface area is 114 Å². The number of rotatable bonds is 2. The molecule has 84 valence electrons. The van der Waals surface area contributed by atoms with Crippen LogP contribution in [-0.2, 0) is 5.75 Å². The average Bonchev–Trinajstić information content (AvgIpc) is 2.59. The van der Waals surface area contributed by atoms with Crippen LogP contribution in [-0.4, -0.2) is 4.98 Å². The quantitative estimate of drug-likeness (QED) is 0.780. The third-order valence-corrected chi connectivity index (χ3v) is 4.47.